The third kappa shape index (κ3) is 4.19. The lowest BCUT2D eigenvalue weighted by atomic mass is 10.1. The molecular weight excluding hydrogens is 308 g/mol. The van der Waals surface area contributed by atoms with Gasteiger partial charge in [0.05, 0.1) is 27.8 Å². The van der Waals surface area contributed by atoms with Gasteiger partial charge in [0.25, 0.3) is 0 Å². The SMILES string of the molecule is COc1cc(CC(=O)Oc2cc(C)cc(C)c2)cc(OC)c1OC. The van der Waals surface area contributed by atoms with E-state index in [1.165, 1.54) is 21.3 Å². The Morgan fingerprint density at radius 2 is 1.38 bits per heavy atom. The molecule has 0 bridgehead atoms. The van der Waals surface area contributed by atoms with Gasteiger partial charge >= 0.3 is 5.97 Å². The van der Waals surface area contributed by atoms with E-state index in [1.54, 1.807) is 12.1 Å². The van der Waals surface area contributed by atoms with Gasteiger partial charge in [-0.1, -0.05) is 6.07 Å². The number of rotatable bonds is 6. The molecule has 0 unspecified atom stereocenters. The minimum atomic E-state index is -0.353. The lowest BCUT2D eigenvalue weighted by Crippen LogP contribution is -2.12. The summed E-state index contributed by atoms with van der Waals surface area (Å²) in [5.74, 6) is 1.70. The molecule has 0 atom stereocenters. The first-order chi connectivity index (χ1) is 11.5. The number of methoxy groups -OCH3 is 3. The van der Waals surface area contributed by atoms with E-state index in [0.717, 1.165) is 16.7 Å². The number of aryl methyl sites for hydroxylation is 2. The van der Waals surface area contributed by atoms with Crippen LogP contribution in [0.5, 0.6) is 23.0 Å². The van der Waals surface area contributed by atoms with E-state index < -0.39 is 0 Å². The van der Waals surface area contributed by atoms with Crippen molar-refractivity contribution in [1.82, 2.24) is 0 Å². The van der Waals surface area contributed by atoms with E-state index in [1.807, 2.05) is 32.0 Å². The summed E-state index contributed by atoms with van der Waals surface area (Å²) in [6, 6.07) is 9.17. The minimum absolute atomic E-state index is 0.101. The van der Waals surface area contributed by atoms with Gasteiger partial charge in [0.2, 0.25) is 5.75 Å². The highest BCUT2D eigenvalue weighted by Gasteiger charge is 2.16. The molecule has 0 radical (unpaired) electrons. The Morgan fingerprint density at radius 1 is 0.833 bits per heavy atom. The van der Waals surface area contributed by atoms with Gasteiger partial charge in [0, 0.05) is 0 Å². The van der Waals surface area contributed by atoms with Crippen molar-refractivity contribution in [3.63, 3.8) is 0 Å². The number of carbonyl (C=O) groups excluding carboxylic acids is 1. The molecule has 0 spiro atoms. The van der Waals surface area contributed by atoms with Crippen LogP contribution in [-0.4, -0.2) is 27.3 Å². The number of hydrogen-bond acceptors (Lipinski definition) is 5. The standard InChI is InChI=1S/C19H22O5/c1-12-6-13(2)8-15(7-12)24-18(20)11-14-9-16(21-3)19(23-5)17(10-14)22-4/h6-10H,11H2,1-5H3. The Labute approximate surface area is 142 Å². The van der Waals surface area contributed by atoms with Crippen LogP contribution in [0.3, 0.4) is 0 Å². The summed E-state index contributed by atoms with van der Waals surface area (Å²) in [5, 5.41) is 0. The minimum Gasteiger partial charge on any atom is -0.493 e. The number of benzene rings is 2. The third-order valence-corrected chi connectivity index (χ3v) is 3.50. The molecule has 0 aliphatic carbocycles. The van der Waals surface area contributed by atoms with Gasteiger partial charge in [-0.05, 0) is 54.8 Å². The molecule has 0 aliphatic heterocycles. The summed E-state index contributed by atoms with van der Waals surface area (Å²) in [4.78, 5) is 12.2. The van der Waals surface area contributed by atoms with Crippen molar-refractivity contribution in [3.8, 4) is 23.0 Å². The molecule has 5 heteroatoms. The smallest absolute Gasteiger partial charge is 0.315 e. The van der Waals surface area contributed by atoms with Crippen LogP contribution in [0.1, 0.15) is 16.7 Å². The van der Waals surface area contributed by atoms with Crippen LogP contribution in [-0.2, 0) is 11.2 Å². The molecule has 5 nitrogen and oxygen atoms in total. The second-order valence-electron chi connectivity index (χ2n) is 5.51. The summed E-state index contributed by atoms with van der Waals surface area (Å²) >= 11 is 0. The van der Waals surface area contributed by atoms with Gasteiger partial charge in [-0.25, -0.2) is 0 Å². The van der Waals surface area contributed by atoms with E-state index in [9.17, 15) is 4.79 Å². The maximum Gasteiger partial charge on any atom is 0.315 e. The molecule has 0 fully saturated rings. The Balaban J connectivity index is 2.19. The maximum absolute atomic E-state index is 12.2. The number of carbonyl (C=O) groups is 1. The first kappa shape index (κ1) is 17.7. The van der Waals surface area contributed by atoms with Crippen molar-refractivity contribution in [1.29, 1.82) is 0 Å². The summed E-state index contributed by atoms with van der Waals surface area (Å²) in [7, 11) is 4.61. The van der Waals surface area contributed by atoms with Crippen LogP contribution < -0.4 is 18.9 Å². The summed E-state index contributed by atoms with van der Waals surface area (Å²) in [5.41, 5.74) is 2.81. The van der Waals surface area contributed by atoms with Crippen LogP contribution in [0.25, 0.3) is 0 Å². The monoisotopic (exact) mass is 330 g/mol. The molecule has 0 amide bonds. The van der Waals surface area contributed by atoms with Crippen molar-refractivity contribution < 1.29 is 23.7 Å². The van der Waals surface area contributed by atoms with Crippen LogP contribution in [0.15, 0.2) is 30.3 Å². The van der Waals surface area contributed by atoms with Crippen molar-refractivity contribution in [3.05, 3.63) is 47.0 Å². The number of esters is 1. The fourth-order valence-corrected chi connectivity index (χ4v) is 2.56. The van der Waals surface area contributed by atoms with Crippen molar-refractivity contribution in [2.45, 2.75) is 20.3 Å². The molecule has 24 heavy (non-hydrogen) atoms. The van der Waals surface area contributed by atoms with Crippen LogP contribution in [0, 0.1) is 13.8 Å². The molecule has 0 aliphatic rings. The highest BCUT2D eigenvalue weighted by molar-refractivity contribution is 5.76. The van der Waals surface area contributed by atoms with Gasteiger partial charge in [-0.2, -0.15) is 0 Å². The van der Waals surface area contributed by atoms with E-state index in [4.69, 9.17) is 18.9 Å². The zero-order chi connectivity index (χ0) is 17.7. The molecule has 0 heterocycles. The Kier molecular flexibility index (Phi) is 5.68. The molecule has 2 rings (SSSR count). The predicted molar refractivity (Wildman–Crippen MR) is 91.4 cm³/mol. The molecule has 0 N–H and O–H groups in total. The van der Waals surface area contributed by atoms with Gasteiger partial charge in [-0.15, -0.1) is 0 Å². The maximum atomic E-state index is 12.2. The topological polar surface area (TPSA) is 54.0 Å². The summed E-state index contributed by atoms with van der Waals surface area (Å²) in [6.07, 6.45) is 0.101. The normalized spacial score (nSPS) is 10.2. The summed E-state index contributed by atoms with van der Waals surface area (Å²) in [6.45, 7) is 3.92. The number of hydrogen-bond donors (Lipinski definition) is 0. The van der Waals surface area contributed by atoms with Crippen molar-refractivity contribution in [2.75, 3.05) is 21.3 Å². The fraction of sp³-hybridized carbons (Fsp3) is 0.316. The average molecular weight is 330 g/mol. The molecule has 2 aromatic rings. The van der Waals surface area contributed by atoms with Crippen molar-refractivity contribution in [2.24, 2.45) is 0 Å². The average Bonchev–Trinajstić information content (AvgIpc) is 2.52. The molecular formula is C19H22O5. The highest BCUT2D eigenvalue weighted by Crippen LogP contribution is 2.38. The van der Waals surface area contributed by atoms with E-state index in [-0.39, 0.29) is 12.4 Å². The van der Waals surface area contributed by atoms with Crippen LogP contribution in [0.2, 0.25) is 0 Å². The van der Waals surface area contributed by atoms with E-state index >= 15 is 0 Å². The third-order valence-electron chi connectivity index (χ3n) is 3.50. The van der Waals surface area contributed by atoms with Gasteiger partial charge in [-0.3, -0.25) is 4.79 Å². The fourth-order valence-electron chi connectivity index (χ4n) is 2.56. The lowest BCUT2D eigenvalue weighted by Gasteiger charge is -2.14. The molecule has 0 saturated carbocycles. The number of ether oxygens (including phenoxy) is 4. The van der Waals surface area contributed by atoms with Crippen molar-refractivity contribution >= 4 is 5.97 Å². The summed E-state index contributed by atoms with van der Waals surface area (Å²) < 4.78 is 21.3. The first-order valence-corrected chi connectivity index (χ1v) is 7.54. The molecule has 0 aromatic heterocycles. The zero-order valence-electron chi connectivity index (χ0n) is 14.6. The van der Waals surface area contributed by atoms with Gasteiger partial charge in [0.15, 0.2) is 11.5 Å². The molecule has 128 valence electrons. The molecule has 2 aromatic carbocycles. The zero-order valence-corrected chi connectivity index (χ0v) is 14.6. The van der Waals surface area contributed by atoms with Gasteiger partial charge in [0.1, 0.15) is 5.75 Å². The highest BCUT2D eigenvalue weighted by atomic mass is 16.5. The molecule has 0 saturated heterocycles. The van der Waals surface area contributed by atoms with E-state index in [2.05, 4.69) is 0 Å². The predicted octanol–water partition coefficient (Wildman–Crippen LogP) is 3.48. The Bertz CT molecular complexity index is 691. The van der Waals surface area contributed by atoms with Crippen LogP contribution in [0.4, 0.5) is 0 Å². The largest absolute Gasteiger partial charge is 0.493 e. The Morgan fingerprint density at radius 3 is 1.83 bits per heavy atom. The quantitative estimate of drug-likeness (QED) is 0.599. The second-order valence-corrected chi connectivity index (χ2v) is 5.51. The lowest BCUT2D eigenvalue weighted by molar-refractivity contribution is -0.133. The first-order valence-electron chi connectivity index (χ1n) is 7.54. The van der Waals surface area contributed by atoms with E-state index in [0.29, 0.717) is 23.0 Å². The second kappa shape index (κ2) is 7.73. The van der Waals surface area contributed by atoms with Gasteiger partial charge < -0.3 is 18.9 Å². The van der Waals surface area contributed by atoms with Crippen LogP contribution >= 0.6 is 0 Å². The Hall–Kier alpha value is -2.69.